The van der Waals surface area contributed by atoms with Gasteiger partial charge in [-0.15, -0.1) is 0 Å². The van der Waals surface area contributed by atoms with Crippen LogP contribution in [-0.4, -0.2) is 38.0 Å². The topological polar surface area (TPSA) is 124 Å². The van der Waals surface area contributed by atoms with Gasteiger partial charge >= 0.3 is 12.6 Å². The molecule has 4 saturated carbocycles. The van der Waals surface area contributed by atoms with Gasteiger partial charge in [0.05, 0.1) is 10.0 Å². The second-order valence-corrected chi connectivity index (χ2v) is 12.7. The highest BCUT2D eigenvalue weighted by molar-refractivity contribution is 6.39. The number of benzene rings is 1. The van der Waals surface area contributed by atoms with Gasteiger partial charge in [0.15, 0.2) is 0 Å². The van der Waals surface area contributed by atoms with E-state index in [9.17, 15) is 18.7 Å². The van der Waals surface area contributed by atoms with Crippen molar-refractivity contribution in [2.24, 2.45) is 5.41 Å². The molecular formula is C31H26Cl2F2N4O5. The highest BCUT2D eigenvalue weighted by Gasteiger charge is 2.51. The van der Waals surface area contributed by atoms with Crippen LogP contribution in [0.15, 0.2) is 45.7 Å². The predicted octanol–water partition coefficient (Wildman–Crippen LogP) is 8.58. The molecule has 0 amide bonds. The summed E-state index contributed by atoms with van der Waals surface area (Å²) in [6, 6.07) is 3.83. The van der Waals surface area contributed by atoms with Gasteiger partial charge in [-0.25, -0.2) is 4.79 Å². The fourth-order valence-corrected chi connectivity index (χ4v) is 7.11. The third-order valence-electron chi connectivity index (χ3n) is 9.27. The molecule has 8 rings (SSSR count). The molecule has 2 bridgehead atoms. The summed E-state index contributed by atoms with van der Waals surface area (Å²) in [5.41, 5.74) is 1.78. The zero-order valence-electron chi connectivity index (χ0n) is 23.2. The molecule has 0 spiro atoms. The van der Waals surface area contributed by atoms with Crippen molar-refractivity contribution < 1.29 is 32.5 Å². The Balaban J connectivity index is 1.12. The molecule has 4 aliphatic rings. The Kier molecular flexibility index (Phi) is 7.20. The summed E-state index contributed by atoms with van der Waals surface area (Å²) in [6.07, 6.45) is 14.9. The van der Waals surface area contributed by atoms with Crippen LogP contribution in [0.25, 0.3) is 28.7 Å². The maximum atomic E-state index is 12.7. The molecule has 0 aliphatic heterocycles. The van der Waals surface area contributed by atoms with Crippen LogP contribution in [0.1, 0.15) is 84.9 Å². The number of nitrogens with zero attached hydrogens (tertiary/aromatic N) is 4. The number of hydrogen-bond donors (Lipinski definition) is 1. The second kappa shape index (κ2) is 11.0. The van der Waals surface area contributed by atoms with Crippen LogP contribution in [0.5, 0.6) is 5.75 Å². The lowest BCUT2D eigenvalue weighted by Crippen LogP contribution is -2.43. The van der Waals surface area contributed by atoms with Crippen molar-refractivity contribution in [1.82, 2.24) is 20.3 Å². The summed E-state index contributed by atoms with van der Waals surface area (Å²) in [7, 11) is 0. The molecule has 3 aromatic heterocycles. The first kappa shape index (κ1) is 28.9. The second-order valence-electron chi connectivity index (χ2n) is 11.9. The number of carboxylic acid groups (broad SMARTS) is 1. The van der Waals surface area contributed by atoms with E-state index in [2.05, 4.69) is 37.2 Å². The SMILES string of the molecule is O=C(O)c1cc(-c2noc(C34CCC(/C=C/c5c(-c6c(Cl)cncc6Cl)noc5C5CC5)(CC3)CC4)n2)ccc1OC(F)F. The smallest absolute Gasteiger partial charge is 0.387 e. The molecule has 44 heavy (non-hydrogen) atoms. The molecule has 4 aromatic rings. The predicted molar refractivity (Wildman–Crippen MR) is 156 cm³/mol. The third-order valence-corrected chi connectivity index (χ3v) is 9.84. The van der Waals surface area contributed by atoms with Crippen LogP contribution in [0, 0.1) is 5.41 Å². The summed E-state index contributed by atoms with van der Waals surface area (Å²) in [6.45, 7) is -3.15. The average Bonchev–Trinajstić information content (AvgIpc) is 3.57. The van der Waals surface area contributed by atoms with Gasteiger partial charge in [0.2, 0.25) is 11.7 Å². The molecule has 9 nitrogen and oxygen atoms in total. The maximum Gasteiger partial charge on any atom is 0.387 e. The first-order valence-electron chi connectivity index (χ1n) is 14.3. The first-order valence-corrected chi connectivity index (χ1v) is 15.1. The van der Waals surface area contributed by atoms with Crippen molar-refractivity contribution >= 4 is 35.2 Å². The minimum atomic E-state index is -3.15. The van der Waals surface area contributed by atoms with Gasteiger partial charge in [0, 0.05) is 40.4 Å². The third kappa shape index (κ3) is 5.15. The standard InChI is InChI=1S/C31H26Cl2F2N4O5/c32-20-14-36-15-21(33)23(20)24-18(25(43-38-24)16-1-2-16)5-6-30-7-10-31(11-8-30,12-9-30)28-37-26(39-44-28)17-3-4-22(42-29(34)35)19(13-17)27(40)41/h3-6,13-16,29H,1-2,7-12H2,(H,40,41)/b6-5+. The average molecular weight is 643 g/mol. The van der Waals surface area contributed by atoms with Crippen LogP contribution in [0.4, 0.5) is 8.78 Å². The zero-order valence-corrected chi connectivity index (χ0v) is 24.7. The minimum absolute atomic E-state index is 0.0112. The zero-order chi connectivity index (χ0) is 30.6. The molecule has 13 heteroatoms. The fraction of sp³-hybridized carbons (Fsp3) is 0.387. The number of carboxylic acids is 1. The lowest BCUT2D eigenvalue weighted by atomic mass is 9.53. The highest BCUT2D eigenvalue weighted by atomic mass is 35.5. The van der Waals surface area contributed by atoms with Crippen molar-refractivity contribution in [2.45, 2.75) is 69.3 Å². The number of rotatable bonds is 9. The maximum absolute atomic E-state index is 12.7. The molecule has 1 N–H and O–H groups in total. The Morgan fingerprint density at radius 2 is 1.75 bits per heavy atom. The Labute approximate surface area is 260 Å². The van der Waals surface area contributed by atoms with E-state index in [1.807, 2.05) is 0 Å². The number of carbonyl (C=O) groups is 1. The van der Waals surface area contributed by atoms with Crippen LogP contribution < -0.4 is 4.74 Å². The molecular weight excluding hydrogens is 617 g/mol. The monoisotopic (exact) mass is 642 g/mol. The van der Waals surface area contributed by atoms with E-state index in [0.29, 0.717) is 38.7 Å². The highest BCUT2D eigenvalue weighted by Crippen LogP contribution is 2.58. The van der Waals surface area contributed by atoms with Gasteiger partial charge < -0.3 is 18.9 Å². The number of halogens is 4. The summed E-state index contributed by atoms with van der Waals surface area (Å²) < 4.78 is 41.3. The number of hydrogen-bond acceptors (Lipinski definition) is 8. The van der Waals surface area contributed by atoms with Gasteiger partial charge in [-0.1, -0.05) is 45.7 Å². The van der Waals surface area contributed by atoms with E-state index in [1.165, 1.54) is 18.2 Å². The Bertz CT molecular complexity index is 1740. The lowest BCUT2D eigenvalue weighted by Gasteiger charge is -2.50. The first-order chi connectivity index (χ1) is 21.2. The number of aromatic nitrogens is 4. The molecule has 4 aliphatic carbocycles. The molecule has 4 fully saturated rings. The normalized spacial score (nSPS) is 23.1. The van der Waals surface area contributed by atoms with Crippen LogP contribution in [0.2, 0.25) is 10.0 Å². The van der Waals surface area contributed by atoms with Gasteiger partial charge in [-0.05, 0) is 75.0 Å². The lowest BCUT2D eigenvalue weighted by molar-refractivity contribution is -0.0503. The largest absolute Gasteiger partial charge is 0.478 e. The fourth-order valence-electron chi connectivity index (χ4n) is 6.57. The molecule has 3 heterocycles. The Morgan fingerprint density at radius 3 is 2.39 bits per heavy atom. The van der Waals surface area contributed by atoms with Crippen LogP contribution in [0.3, 0.4) is 0 Å². The molecule has 0 atom stereocenters. The Hall–Kier alpha value is -3.83. The minimum Gasteiger partial charge on any atom is -0.478 e. The Morgan fingerprint density at radius 1 is 1.05 bits per heavy atom. The van der Waals surface area contributed by atoms with Gasteiger partial charge in [-0.3, -0.25) is 4.98 Å². The van der Waals surface area contributed by atoms with E-state index < -0.39 is 23.9 Å². The van der Waals surface area contributed by atoms with E-state index in [0.717, 1.165) is 62.7 Å². The number of allylic oxidation sites excluding steroid dienone is 1. The number of fused-ring (bicyclic) bond motifs is 3. The molecule has 0 radical (unpaired) electrons. The van der Waals surface area contributed by atoms with Crippen molar-refractivity contribution in [2.75, 3.05) is 0 Å². The number of ether oxygens (including phenoxy) is 1. The molecule has 228 valence electrons. The summed E-state index contributed by atoms with van der Waals surface area (Å²) in [5.74, 6) is 0.0679. The van der Waals surface area contributed by atoms with E-state index in [4.69, 9.17) is 32.2 Å². The summed E-state index contributed by atoms with van der Waals surface area (Å²) >= 11 is 13.0. The molecule has 0 saturated heterocycles. The van der Waals surface area contributed by atoms with E-state index in [-0.39, 0.29) is 16.7 Å². The summed E-state index contributed by atoms with van der Waals surface area (Å²) in [4.78, 5) is 20.4. The molecule has 0 unspecified atom stereocenters. The van der Waals surface area contributed by atoms with Gasteiger partial charge in [0.1, 0.15) is 22.8 Å². The van der Waals surface area contributed by atoms with Crippen molar-refractivity contribution in [1.29, 1.82) is 0 Å². The van der Waals surface area contributed by atoms with E-state index in [1.54, 1.807) is 12.4 Å². The quantitative estimate of drug-likeness (QED) is 0.191. The van der Waals surface area contributed by atoms with Crippen LogP contribution in [-0.2, 0) is 5.41 Å². The molecule has 1 aromatic carbocycles. The van der Waals surface area contributed by atoms with Crippen molar-refractivity contribution in [3.05, 3.63) is 69.5 Å². The van der Waals surface area contributed by atoms with Crippen LogP contribution >= 0.6 is 23.2 Å². The van der Waals surface area contributed by atoms with Crippen molar-refractivity contribution in [3.8, 4) is 28.4 Å². The number of aromatic carboxylic acids is 1. The van der Waals surface area contributed by atoms with Gasteiger partial charge in [-0.2, -0.15) is 13.8 Å². The van der Waals surface area contributed by atoms with Crippen molar-refractivity contribution in [3.63, 3.8) is 0 Å². The summed E-state index contributed by atoms with van der Waals surface area (Å²) in [5, 5.41) is 18.8. The van der Waals surface area contributed by atoms with E-state index >= 15 is 0 Å². The number of alkyl halides is 2. The van der Waals surface area contributed by atoms with Gasteiger partial charge in [0.25, 0.3) is 0 Å². The number of pyridine rings is 1.